The molecular formula is C12H9F19O3P+. The fourth-order valence-electron chi connectivity index (χ4n) is 2.09. The highest BCUT2D eigenvalue weighted by Crippen LogP contribution is 2.78. The van der Waals surface area contributed by atoms with Crippen molar-refractivity contribution in [2.45, 2.75) is 53.3 Å². The van der Waals surface area contributed by atoms with Crippen LogP contribution in [0, 0.1) is 0 Å². The average molecular weight is 593 g/mol. The van der Waals surface area contributed by atoms with Gasteiger partial charge in [-0.25, -0.2) is 0 Å². The lowest BCUT2D eigenvalue weighted by Gasteiger charge is -2.43. The number of rotatable bonds is 11. The van der Waals surface area contributed by atoms with Crippen LogP contribution in [0.5, 0.6) is 0 Å². The van der Waals surface area contributed by atoms with Crippen molar-refractivity contribution in [1.82, 2.24) is 0 Å². The van der Waals surface area contributed by atoms with Crippen molar-refractivity contribution in [3.8, 4) is 0 Å². The molecule has 0 fully saturated rings. The van der Waals surface area contributed by atoms with Crippen LogP contribution in [-0.2, 0) is 13.6 Å². The highest BCUT2D eigenvalue weighted by molar-refractivity contribution is 7.62. The second kappa shape index (κ2) is 8.78. The van der Waals surface area contributed by atoms with Gasteiger partial charge in [-0.2, -0.15) is 97.0 Å². The molecule has 0 amide bonds. The van der Waals surface area contributed by atoms with Crippen molar-refractivity contribution >= 4 is 7.94 Å². The molecule has 0 unspecified atom stereocenters. The van der Waals surface area contributed by atoms with Gasteiger partial charge in [0.1, 0.15) is 0 Å². The summed E-state index contributed by atoms with van der Waals surface area (Å²) in [5.41, 5.74) is -7.02. The molecule has 0 N–H and O–H groups in total. The summed E-state index contributed by atoms with van der Waals surface area (Å²) < 4.78 is 263. The van der Waals surface area contributed by atoms with E-state index in [1.807, 2.05) is 0 Å². The minimum Gasteiger partial charge on any atom is -0.192 e. The zero-order chi connectivity index (χ0) is 29.1. The van der Waals surface area contributed by atoms with Gasteiger partial charge in [0, 0.05) is 0 Å². The van der Waals surface area contributed by atoms with Gasteiger partial charge >= 0.3 is 61.2 Å². The zero-order valence-corrected chi connectivity index (χ0v) is 17.2. The van der Waals surface area contributed by atoms with Crippen molar-refractivity contribution in [3.63, 3.8) is 0 Å². The predicted molar refractivity (Wildman–Crippen MR) is 73.6 cm³/mol. The molecule has 0 aliphatic carbocycles. The van der Waals surface area contributed by atoms with Gasteiger partial charge in [-0.05, 0) is 0 Å². The maximum absolute atomic E-state index is 14.1. The van der Waals surface area contributed by atoms with E-state index in [0.717, 1.165) is 0 Å². The van der Waals surface area contributed by atoms with E-state index in [2.05, 4.69) is 13.6 Å². The van der Waals surface area contributed by atoms with E-state index in [0.29, 0.717) is 0 Å². The summed E-state index contributed by atoms with van der Waals surface area (Å²) in [6, 6.07) is 0. The van der Waals surface area contributed by atoms with Gasteiger partial charge in [-0.15, -0.1) is 0 Å². The quantitative estimate of drug-likeness (QED) is 0.186. The first kappa shape index (κ1) is 34.0. The van der Waals surface area contributed by atoms with Gasteiger partial charge in [0.15, 0.2) is 0 Å². The molecule has 212 valence electrons. The first-order chi connectivity index (χ1) is 14.9. The van der Waals surface area contributed by atoms with Crippen LogP contribution in [0.3, 0.4) is 0 Å². The monoisotopic (exact) mass is 593 g/mol. The Morgan fingerprint density at radius 2 is 0.543 bits per heavy atom. The Kier molecular flexibility index (Phi) is 8.52. The van der Waals surface area contributed by atoms with Gasteiger partial charge in [-0.3, -0.25) is 0 Å². The Bertz CT molecular complexity index is 708. The molecule has 3 nitrogen and oxygen atoms in total. The Labute approximate surface area is 181 Å². The first-order valence-electron chi connectivity index (χ1n) is 7.59. The van der Waals surface area contributed by atoms with E-state index < -0.39 is 61.2 Å². The number of hydrogen-bond acceptors (Lipinski definition) is 3. The van der Waals surface area contributed by atoms with Crippen molar-refractivity contribution in [3.05, 3.63) is 0 Å². The molecule has 0 rings (SSSR count). The molecule has 0 aliphatic rings. The highest BCUT2D eigenvalue weighted by atomic mass is 31.2. The number of hydrogen-bond donors (Lipinski definition) is 0. The summed E-state index contributed by atoms with van der Waals surface area (Å²) in [5, 5.41) is 0. The molecule has 0 aromatic carbocycles. The van der Waals surface area contributed by atoms with E-state index in [1.165, 1.54) is 0 Å². The molecule has 0 spiro atoms. The van der Waals surface area contributed by atoms with Gasteiger partial charge in [0.05, 0.1) is 21.3 Å². The van der Waals surface area contributed by atoms with Crippen LogP contribution >= 0.6 is 7.94 Å². The second-order valence-electron chi connectivity index (χ2n) is 6.10. The fourth-order valence-corrected chi connectivity index (χ4v) is 3.71. The third-order valence-corrected chi connectivity index (χ3v) is 6.58. The molecule has 0 heterocycles. The Hall–Kier alpha value is -1.02. The lowest BCUT2D eigenvalue weighted by Crippen LogP contribution is -2.75. The third-order valence-electron chi connectivity index (χ3n) is 4.16. The minimum atomic E-state index is -8.99. The molecule has 23 heteroatoms. The summed E-state index contributed by atoms with van der Waals surface area (Å²) in [5.74, 6) is -60.6. The maximum atomic E-state index is 14.1. The molecular weight excluding hydrogens is 584 g/mol. The topological polar surface area (TPSA) is 27.7 Å². The van der Waals surface area contributed by atoms with Crippen LogP contribution < -0.4 is 0 Å². The highest BCUT2D eigenvalue weighted by Gasteiger charge is 2.99. The molecule has 0 saturated carbocycles. The van der Waals surface area contributed by atoms with Crippen LogP contribution in [0.1, 0.15) is 0 Å². The summed E-state index contributed by atoms with van der Waals surface area (Å²) in [6.45, 7) is 0. The van der Waals surface area contributed by atoms with Gasteiger partial charge < -0.3 is 0 Å². The van der Waals surface area contributed by atoms with Crippen LogP contribution in [0.2, 0.25) is 0 Å². The first-order valence-corrected chi connectivity index (χ1v) is 9.13. The number of alkyl halides is 19. The third kappa shape index (κ3) is 4.00. The van der Waals surface area contributed by atoms with Crippen molar-refractivity contribution < 1.29 is 97.0 Å². The Morgan fingerprint density at radius 3 is 0.743 bits per heavy atom. The smallest absolute Gasteiger partial charge is 0.192 e. The van der Waals surface area contributed by atoms with Crippen molar-refractivity contribution in [1.29, 1.82) is 0 Å². The van der Waals surface area contributed by atoms with Gasteiger partial charge in [0.25, 0.3) is 0 Å². The normalized spacial score (nSPS) is 16.6. The van der Waals surface area contributed by atoms with Gasteiger partial charge in [0.2, 0.25) is 0 Å². The van der Waals surface area contributed by atoms with E-state index in [-0.39, 0.29) is 21.3 Å². The van der Waals surface area contributed by atoms with Crippen LogP contribution in [0.15, 0.2) is 0 Å². The second-order valence-corrected chi connectivity index (χ2v) is 8.76. The molecule has 0 aromatic heterocycles. The molecule has 0 aromatic rings. The standard InChI is InChI=1S/C12H9F19O3P/c1-32-35(33-2,34-3)12(30,31)10(25,26)8(21,22)6(17,18)4(13,14)5(15,16)7(19,20)9(23,24)11(27,28)29/h1-3H3/q+1. The molecule has 35 heavy (non-hydrogen) atoms. The van der Waals surface area contributed by atoms with E-state index in [4.69, 9.17) is 0 Å². The maximum Gasteiger partial charge on any atom is 0.507 e. The van der Waals surface area contributed by atoms with Gasteiger partial charge in [-0.1, -0.05) is 0 Å². The van der Waals surface area contributed by atoms with Crippen LogP contribution in [-0.4, -0.2) is 74.6 Å². The Morgan fingerprint density at radius 1 is 0.343 bits per heavy atom. The molecule has 0 saturated heterocycles. The van der Waals surface area contributed by atoms with E-state index in [1.54, 1.807) is 0 Å². The molecule has 0 radical (unpaired) electrons. The fraction of sp³-hybridized carbons (Fsp3) is 1.00. The lowest BCUT2D eigenvalue weighted by molar-refractivity contribution is -0.466. The predicted octanol–water partition coefficient (Wildman–Crippen LogP) is 7.29. The molecule has 0 aliphatic heterocycles. The average Bonchev–Trinajstić information content (AvgIpc) is 2.67. The van der Waals surface area contributed by atoms with Crippen molar-refractivity contribution in [2.75, 3.05) is 21.3 Å². The largest absolute Gasteiger partial charge is 0.507 e. The summed E-state index contributed by atoms with van der Waals surface area (Å²) in [4.78, 5) is 0. The lowest BCUT2D eigenvalue weighted by atomic mass is 9.89. The molecule has 0 bridgehead atoms. The summed E-state index contributed by atoms with van der Waals surface area (Å²) in [7, 11) is -6.59. The summed E-state index contributed by atoms with van der Waals surface area (Å²) >= 11 is 0. The minimum absolute atomic E-state index is 0.0798. The van der Waals surface area contributed by atoms with Crippen LogP contribution in [0.4, 0.5) is 83.4 Å². The summed E-state index contributed by atoms with van der Waals surface area (Å²) in [6.07, 6.45) is -7.93. The zero-order valence-electron chi connectivity index (χ0n) is 16.4. The van der Waals surface area contributed by atoms with Crippen molar-refractivity contribution in [2.24, 2.45) is 0 Å². The molecule has 0 atom stereocenters. The van der Waals surface area contributed by atoms with Crippen LogP contribution in [0.25, 0.3) is 0 Å². The SMILES string of the molecule is CO[P+](OC)(OC)C(F)(F)C(F)(F)C(F)(F)C(F)(F)C(F)(F)C(F)(F)C(F)(F)C(F)(F)C(F)(F)F. The Balaban J connectivity index is 7.14. The van der Waals surface area contributed by atoms with E-state index >= 15 is 0 Å². The van der Waals surface area contributed by atoms with E-state index in [9.17, 15) is 83.4 Å². The number of halogens is 19.